The summed E-state index contributed by atoms with van der Waals surface area (Å²) in [4.78, 5) is 38.8. The molecule has 29 heavy (non-hydrogen) atoms. The van der Waals surface area contributed by atoms with E-state index in [2.05, 4.69) is 5.32 Å². The second-order valence-corrected chi connectivity index (χ2v) is 8.08. The number of thioether (sulfide) groups is 1. The first-order valence-electron chi connectivity index (χ1n) is 8.99. The molecule has 0 spiro atoms. The topological polar surface area (TPSA) is 63.2 Å². The van der Waals surface area contributed by atoms with Crippen molar-refractivity contribution in [2.45, 2.75) is 17.1 Å². The number of rotatable bonds is 4. The van der Waals surface area contributed by atoms with Crippen LogP contribution in [0.2, 0.25) is 0 Å². The van der Waals surface area contributed by atoms with Gasteiger partial charge in [-0.25, -0.2) is 4.39 Å². The molecule has 0 bridgehead atoms. The number of anilines is 1. The van der Waals surface area contributed by atoms with Crippen LogP contribution in [0.25, 0.3) is 0 Å². The number of amides is 1. The number of ketones is 2. The lowest BCUT2D eigenvalue weighted by Crippen LogP contribution is -2.24. The van der Waals surface area contributed by atoms with Crippen LogP contribution in [0, 0.1) is 5.82 Å². The summed E-state index contributed by atoms with van der Waals surface area (Å²) in [5, 5.41) is 2.35. The first-order valence-corrected chi connectivity index (χ1v) is 9.87. The average molecular weight is 405 g/mol. The summed E-state index contributed by atoms with van der Waals surface area (Å²) in [5.41, 5.74) is 1.83. The number of benzene rings is 3. The molecule has 4 rings (SSSR count). The Kier molecular flexibility index (Phi) is 5.03. The van der Waals surface area contributed by atoms with Crippen molar-refractivity contribution in [3.05, 3.63) is 94.8 Å². The Hall–Kier alpha value is -3.25. The third-order valence-corrected chi connectivity index (χ3v) is 5.80. The molecule has 0 unspecified atom stereocenters. The number of hydrogen-bond donors (Lipinski definition) is 1. The Morgan fingerprint density at radius 2 is 1.45 bits per heavy atom. The summed E-state index contributed by atoms with van der Waals surface area (Å²) in [6, 6.07) is 17.4. The number of fused-ring (bicyclic) bond motifs is 2. The van der Waals surface area contributed by atoms with Gasteiger partial charge in [0.25, 0.3) is 0 Å². The molecule has 0 fully saturated rings. The average Bonchev–Trinajstić information content (AvgIpc) is 2.73. The van der Waals surface area contributed by atoms with Crippen LogP contribution < -0.4 is 5.32 Å². The van der Waals surface area contributed by atoms with Gasteiger partial charge in [-0.3, -0.25) is 14.4 Å². The molecule has 6 heteroatoms. The maximum atomic E-state index is 13.0. The lowest BCUT2D eigenvalue weighted by atomic mass is 9.84. The zero-order chi connectivity index (χ0) is 20.5. The smallest absolute Gasteiger partial charge is 0.237 e. The first-order chi connectivity index (χ1) is 13.9. The van der Waals surface area contributed by atoms with Crippen molar-refractivity contribution in [1.29, 1.82) is 0 Å². The number of carbonyl (C=O) groups is 3. The lowest BCUT2D eigenvalue weighted by Gasteiger charge is -2.18. The van der Waals surface area contributed by atoms with Crippen molar-refractivity contribution < 1.29 is 18.8 Å². The van der Waals surface area contributed by atoms with Gasteiger partial charge in [0.1, 0.15) is 5.82 Å². The fourth-order valence-electron chi connectivity index (χ4n) is 3.19. The lowest BCUT2D eigenvalue weighted by molar-refractivity contribution is -0.115. The first kappa shape index (κ1) is 19.1. The summed E-state index contributed by atoms with van der Waals surface area (Å²) >= 11 is 1.30. The molecule has 1 amide bonds. The molecular formula is C23H16FNO3S. The van der Waals surface area contributed by atoms with E-state index in [9.17, 15) is 18.8 Å². The molecule has 0 aromatic heterocycles. The quantitative estimate of drug-likeness (QED) is 0.499. The SMILES string of the molecule is C[C@H](Sc1ccc(F)cc1)C(=O)Nc1ccc2c(c1)C(=O)c1ccccc1C2=O. The molecule has 1 aliphatic rings. The second-order valence-electron chi connectivity index (χ2n) is 6.67. The highest BCUT2D eigenvalue weighted by molar-refractivity contribution is 8.00. The Morgan fingerprint density at radius 1 is 0.862 bits per heavy atom. The van der Waals surface area contributed by atoms with Gasteiger partial charge >= 0.3 is 0 Å². The summed E-state index contributed by atoms with van der Waals surface area (Å²) < 4.78 is 13.0. The highest BCUT2D eigenvalue weighted by atomic mass is 32.2. The zero-order valence-corrected chi connectivity index (χ0v) is 16.3. The van der Waals surface area contributed by atoms with E-state index in [1.54, 1.807) is 61.5 Å². The van der Waals surface area contributed by atoms with Crippen LogP contribution in [0.15, 0.2) is 71.6 Å². The zero-order valence-electron chi connectivity index (χ0n) is 15.4. The Morgan fingerprint density at radius 3 is 2.10 bits per heavy atom. The van der Waals surface area contributed by atoms with Gasteiger partial charge in [-0.2, -0.15) is 0 Å². The molecule has 3 aromatic carbocycles. The summed E-state index contributed by atoms with van der Waals surface area (Å²) in [6.45, 7) is 1.74. The third-order valence-electron chi connectivity index (χ3n) is 4.69. The molecule has 0 aliphatic heterocycles. The Bertz CT molecular complexity index is 1140. The Labute approximate surface area is 171 Å². The van der Waals surface area contributed by atoms with E-state index in [4.69, 9.17) is 0 Å². The van der Waals surface area contributed by atoms with E-state index in [1.807, 2.05) is 0 Å². The van der Waals surface area contributed by atoms with E-state index < -0.39 is 5.25 Å². The standard InChI is InChI=1S/C23H16FNO3S/c1-13(29-16-9-6-14(24)7-10-16)23(28)25-15-8-11-19-20(12-15)22(27)18-5-3-2-4-17(18)21(19)26/h2-13H,1H3,(H,25,28)/t13-/m0/s1. The fourth-order valence-corrected chi connectivity index (χ4v) is 4.06. The van der Waals surface area contributed by atoms with E-state index in [-0.39, 0.29) is 28.9 Å². The molecular weight excluding hydrogens is 389 g/mol. The molecule has 4 nitrogen and oxygen atoms in total. The minimum Gasteiger partial charge on any atom is -0.325 e. The van der Waals surface area contributed by atoms with Crippen molar-refractivity contribution in [1.82, 2.24) is 0 Å². The van der Waals surface area contributed by atoms with Crippen LogP contribution in [-0.2, 0) is 4.79 Å². The van der Waals surface area contributed by atoms with Crippen LogP contribution in [-0.4, -0.2) is 22.7 Å². The van der Waals surface area contributed by atoms with Crippen LogP contribution in [0.5, 0.6) is 0 Å². The van der Waals surface area contributed by atoms with E-state index in [1.165, 1.54) is 23.9 Å². The summed E-state index contributed by atoms with van der Waals surface area (Å²) in [6.07, 6.45) is 0. The summed E-state index contributed by atoms with van der Waals surface area (Å²) in [5.74, 6) is -1.02. The third kappa shape index (κ3) is 3.71. The van der Waals surface area contributed by atoms with Gasteiger partial charge in [-0.05, 0) is 49.4 Å². The molecule has 144 valence electrons. The number of halogens is 1. The molecule has 0 heterocycles. The molecule has 1 atom stereocenters. The maximum Gasteiger partial charge on any atom is 0.237 e. The molecule has 0 saturated carbocycles. The molecule has 0 saturated heterocycles. The van der Waals surface area contributed by atoms with Gasteiger partial charge in [-0.15, -0.1) is 11.8 Å². The van der Waals surface area contributed by atoms with E-state index >= 15 is 0 Å². The van der Waals surface area contributed by atoms with Crippen molar-refractivity contribution in [2.75, 3.05) is 5.32 Å². The van der Waals surface area contributed by atoms with Gasteiger partial charge in [0.05, 0.1) is 5.25 Å². The maximum absolute atomic E-state index is 13.0. The van der Waals surface area contributed by atoms with Gasteiger partial charge in [0.2, 0.25) is 5.91 Å². The number of carbonyl (C=O) groups excluding carboxylic acids is 3. The van der Waals surface area contributed by atoms with Gasteiger partial charge in [-0.1, -0.05) is 24.3 Å². The minimum absolute atomic E-state index is 0.201. The number of nitrogens with one attached hydrogen (secondary N) is 1. The second kappa shape index (κ2) is 7.64. The predicted octanol–water partition coefficient (Wildman–Crippen LogP) is 4.72. The van der Waals surface area contributed by atoms with Gasteiger partial charge in [0.15, 0.2) is 11.6 Å². The minimum atomic E-state index is -0.436. The van der Waals surface area contributed by atoms with Gasteiger partial charge < -0.3 is 5.32 Å². The monoisotopic (exact) mass is 405 g/mol. The molecule has 1 aliphatic carbocycles. The van der Waals surface area contributed by atoms with Crippen molar-refractivity contribution >= 4 is 34.9 Å². The molecule has 1 N–H and O–H groups in total. The number of hydrogen-bond acceptors (Lipinski definition) is 4. The highest BCUT2D eigenvalue weighted by Gasteiger charge is 2.29. The molecule has 3 aromatic rings. The van der Waals surface area contributed by atoms with E-state index in [0.29, 0.717) is 22.4 Å². The van der Waals surface area contributed by atoms with Crippen LogP contribution in [0.4, 0.5) is 10.1 Å². The van der Waals surface area contributed by atoms with Crippen molar-refractivity contribution in [2.24, 2.45) is 0 Å². The normalized spacial score (nSPS) is 13.4. The highest BCUT2D eigenvalue weighted by Crippen LogP contribution is 2.30. The van der Waals surface area contributed by atoms with Crippen LogP contribution in [0.3, 0.4) is 0 Å². The predicted molar refractivity (Wildman–Crippen MR) is 110 cm³/mol. The van der Waals surface area contributed by atoms with Crippen molar-refractivity contribution in [3.63, 3.8) is 0 Å². The summed E-state index contributed by atoms with van der Waals surface area (Å²) in [7, 11) is 0. The van der Waals surface area contributed by atoms with Crippen LogP contribution >= 0.6 is 11.8 Å². The van der Waals surface area contributed by atoms with Crippen LogP contribution in [0.1, 0.15) is 38.8 Å². The van der Waals surface area contributed by atoms with Crippen molar-refractivity contribution in [3.8, 4) is 0 Å². The Balaban J connectivity index is 1.53. The largest absolute Gasteiger partial charge is 0.325 e. The van der Waals surface area contributed by atoms with Gasteiger partial charge in [0, 0.05) is 32.8 Å². The fraction of sp³-hybridized carbons (Fsp3) is 0.0870. The van der Waals surface area contributed by atoms with E-state index in [0.717, 1.165) is 4.90 Å². The molecule has 0 radical (unpaired) electrons.